The number of carbonyl (C=O) groups is 1. The first kappa shape index (κ1) is 21.3. The van der Waals surface area contributed by atoms with Gasteiger partial charge in [0.05, 0.1) is 5.69 Å². The number of hydrogen-bond donors (Lipinski definition) is 0. The van der Waals surface area contributed by atoms with E-state index in [1.54, 1.807) is 36.5 Å². The van der Waals surface area contributed by atoms with Gasteiger partial charge in [0.15, 0.2) is 6.61 Å². The van der Waals surface area contributed by atoms with E-state index in [0.717, 1.165) is 16.8 Å². The molecular weight excluding hydrogens is 430 g/mol. The molecule has 0 saturated heterocycles. The van der Waals surface area contributed by atoms with E-state index in [2.05, 4.69) is 15.2 Å². The van der Waals surface area contributed by atoms with Crippen LogP contribution in [0, 0.1) is 0 Å². The van der Waals surface area contributed by atoms with Gasteiger partial charge in [-0.1, -0.05) is 29.8 Å². The summed E-state index contributed by atoms with van der Waals surface area (Å²) in [5.41, 5.74) is 2.41. The van der Waals surface area contributed by atoms with Crippen molar-refractivity contribution < 1.29 is 18.7 Å². The highest BCUT2D eigenvalue weighted by Crippen LogP contribution is 2.20. The minimum Gasteiger partial charge on any atom is -0.487 e. The summed E-state index contributed by atoms with van der Waals surface area (Å²) >= 11 is 5.87. The van der Waals surface area contributed by atoms with Crippen LogP contribution in [0.3, 0.4) is 0 Å². The highest BCUT2D eigenvalue weighted by molar-refractivity contribution is 6.30. The largest absolute Gasteiger partial charge is 0.487 e. The zero-order valence-corrected chi connectivity index (χ0v) is 17.6. The second-order valence-electron chi connectivity index (χ2n) is 6.63. The molecule has 0 amide bonds. The van der Waals surface area contributed by atoms with Crippen molar-refractivity contribution in [2.75, 3.05) is 0 Å². The predicted octanol–water partition coefficient (Wildman–Crippen LogP) is 5.12. The summed E-state index contributed by atoms with van der Waals surface area (Å²) in [4.78, 5) is 16.2. The van der Waals surface area contributed by atoms with Crippen LogP contribution in [0.2, 0.25) is 5.02 Å². The van der Waals surface area contributed by atoms with Crippen molar-refractivity contribution in [3.8, 4) is 17.2 Å². The Labute approximate surface area is 189 Å². The summed E-state index contributed by atoms with van der Waals surface area (Å²) in [5, 5.41) is 8.44. The Hall–Kier alpha value is -3.97. The lowest BCUT2D eigenvalue weighted by Crippen LogP contribution is -2.01. The van der Waals surface area contributed by atoms with E-state index in [0.29, 0.717) is 23.3 Å². The Bertz CT molecular complexity index is 1190. The fourth-order valence-electron chi connectivity index (χ4n) is 2.68. The minimum atomic E-state index is -0.522. The van der Waals surface area contributed by atoms with Crippen molar-refractivity contribution in [2.24, 2.45) is 0 Å². The van der Waals surface area contributed by atoms with E-state index in [1.165, 1.54) is 6.08 Å². The molecule has 0 bridgehead atoms. The Morgan fingerprint density at radius 2 is 1.78 bits per heavy atom. The molecule has 7 nitrogen and oxygen atoms in total. The molecule has 0 N–H and O–H groups in total. The van der Waals surface area contributed by atoms with Crippen LogP contribution in [0.5, 0.6) is 5.75 Å². The number of benzene rings is 2. The number of pyridine rings is 1. The minimum absolute atomic E-state index is 0.121. The Morgan fingerprint density at radius 3 is 2.53 bits per heavy atom. The molecule has 0 saturated carbocycles. The molecule has 0 fully saturated rings. The quantitative estimate of drug-likeness (QED) is 0.273. The van der Waals surface area contributed by atoms with Crippen molar-refractivity contribution in [3.05, 3.63) is 101 Å². The fourth-order valence-corrected chi connectivity index (χ4v) is 2.81. The molecule has 2 aromatic heterocycles. The highest BCUT2D eigenvalue weighted by atomic mass is 35.5. The average molecular weight is 448 g/mol. The summed E-state index contributed by atoms with van der Waals surface area (Å²) in [7, 11) is 0. The fraction of sp³-hybridized carbons (Fsp3) is 0.0833. The van der Waals surface area contributed by atoms with Crippen LogP contribution in [-0.4, -0.2) is 21.2 Å². The SMILES string of the molecule is O=C(/C=C/c1ccc(OCc2ccccn2)cc1)OCc1nnc(-c2ccc(Cl)cc2)o1. The molecule has 0 aliphatic heterocycles. The number of nitrogens with zero attached hydrogens (tertiary/aromatic N) is 3. The lowest BCUT2D eigenvalue weighted by Gasteiger charge is -2.05. The first-order valence-corrected chi connectivity index (χ1v) is 10.1. The maximum absolute atomic E-state index is 12.0. The molecule has 0 spiro atoms. The highest BCUT2D eigenvalue weighted by Gasteiger charge is 2.10. The van der Waals surface area contributed by atoms with Crippen LogP contribution in [0.15, 0.2) is 83.4 Å². The van der Waals surface area contributed by atoms with Gasteiger partial charge in [0.1, 0.15) is 12.4 Å². The van der Waals surface area contributed by atoms with E-state index in [-0.39, 0.29) is 12.5 Å². The van der Waals surface area contributed by atoms with Crippen LogP contribution in [0.1, 0.15) is 17.1 Å². The number of esters is 1. The molecule has 160 valence electrons. The van der Waals surface area contributed by atoms with E-state index in [4.69, 9.17) is 25.5 Å². The van der Waals surface area contributed by atoms with Gasteiger partial charge in [-0.05, 0) is 60.2 Å². The molecule has 0 unspecified atom stereocenters. The first-order chi connectivity index (χ1) is 15.7. The van der Waals surface area contributed by atoms with Crippen molar-refractivity contribution in [1.29, 1.82) is 0 Å². The summed E-state index contributed by atoms with van der Waals surface area (Å²) in [6, 6.07) is 20.0. The number of carbonyl (C=O) groups excluding carboxylic acids is 1. The molecule has 8 heteroatoms. The Morgan fingerprint density at radius 1 is 0.969 bits per heavy atom. The third-order valence-corrected chi connectivity index (χ3v) is 4.55. The van der Waals surface area contributed by atoms with E-state index in [9.17, 15) is 4.79 Å². The second-order valence-corrected chi connectivity index (χ2v) is 7.06. The van der Waals surface area contributed by atoms with Gasteiger partial charge in [-0.3, -0.25) is 4.98 Å². The van der Waals surface area contributed by atoms with E-state index in [1.807, 2.05) is 42.5 Å². The van der Waals surface area contributed by atoms with Gasteiger partial charge in [0.25, 0.3) is 5.89 Å². The van der Waals surface area contributed by atoms with E-state index < -0.39 is 5.97 Å². The molecule has 4 aromatic rings. The number of ether oxygens (including phenoxy) is 2. The van der Waals surface area contributed by atoms with Gasteiger partial charge < -0.3 is 13.9 Å². The number of aromatic nitrogens is 3. The molecule has 0 atom stereocenters. The van der Waals surface area contributed by atoms with Crippen molar-refractivity contribution in [3.63, 3.8) is 0 Å². The predicted molar refractivity (Wildman–Crippen MR) is 119 cm³/mol. The van der Waals surface area contributed by atoms with Gasteiger partial charge in [0.2, 0.25) is 5.89 Å². The molecule has 0 radical (unpaired) electrons. The maximum Gasteiger partial charge on any atom is 0.331 e. The van der Waals surface area contributed by atoms with Gasteiger partial charge in [-0.2, -0.15) is 0 Å². The molecule has 4 rings (SSSR count). The first-order valence-electron chi connectivity index (χ1n) is 9.72. The van der Waals surface area contributed by atoms with Crippen LogP contribution >= 0.6 is 11.6 Å². The monoisotopic (exact) mass is 447 g/mol. The van der Waals surface area contributed by atoms with Crippen LogP contribution in [0.4, 0.5) is 0 Å². The lowest BCUT2D eigenvalue weighted by atomic mass is 10.2. The van der Waals surface area contributed by atoms with Gasteiger partial charge in [-0.25, -0.2) is 4.79 Å². The number of rotatable bonds is 8. The summed E-state index contributed by atoms with van der Waals surface area (Å²) in [6.45, 7) is 0.266. The van der Waals surface area contributed by atoms with Crippen molar-refractivity contribution >= 4 is 23.6 Å². The normalized spacial score (nSPS) is 10.9. The van der Waals surface area contributed by atoms with Crippen LogP contribution in [-0.2, 0) is 22.7 Å². The maximum atomic E-state index is 12.0. The molecule has 32 heavy (non-hydrogen) atoms. The van der Waals surface area contributed by atoms with Crippen molar-refractivity contribution in [1.82, 2.24) is 15.2 Å². The molecule has 2 heterocycles. The summed E-state index contributed by atoms with van der Waals surface area (Å²) < 4.78 is 16.4. The van der Waals surface area contributed by atoms with Crippen LogP contribution in [0.25, 0.3) is 17.5 Å². The molecule has 2 aromatic carbocycles. The van der Waals surface area contributed by atoms with Crippen LogP contribution < -0.4 is 4.74 Å². The third-order valence-electron chi connectivity index (χ3n) is 4.30. The molecule has 0 aliphatic rings. The average Bonchev–Trinajstić information content (AvgIpc) is 3.31. The van der Waals surface area contributed by atoms with Crippen molar-refractivity contribution in [2.45, 2.75) is 13.2 Å². The number of hydrogen-bond acceptors (Lipinski definition) is 7. The number of halogens is 1. The van der Waals surface area contributed by atoms with Gasteiger partial charge >= 0.3 is 5.97 Å². The summed E-state index contributed by atoms with van der Waals surface area (Å²) in [5.74, 6) is 0.717. The topological polar surface area (TPSA) is 87.3 Å². The lowest BCUT2D eigenvalue weighted by molar-refractivity contribution is -0.139. The Kier molecular flexibility index (Phi) is 6.89. The van der Waals surface area contributed by atoms with Gasteiger partial charge in [-0.15, -0.1) is 10.2 Å². The Balaban J connectivity index is 1.25. The van der Waals surface area contributed by atoms with Gasteiger partial charge in [0, 0.05) is 22.9 Å². The third kappa shape index (κ3) is 6.02. The summed E-state index contributed by atoms with van der Waals surface area (Å²) in [6.07, 6.45) is 4.71. The molecule has 0 aliphatic carbocycles. The smallest absolute Gasteiger partial charge is 0.331 e. The van der Waals surface area contributed by atoms with E-state index >= 15 is 0 Å². The zero-order valence-electron chi connectivity index (χ0n) is 16.8. The second kappa shape index (κ2) is 10.4. The standard InChI is InChI=1S/C24H18ClN3O4/c25-19-9-7-18(8-10-19)24-28-27-22(32-24)16-31-23(29)13-6-17-4-11-21(12-5-17)30-15-20-3-1-2-14-26-20/h1-14H,15-16H2/b13-6+. The zero-order chi connectivity index (χ0) is 22.2. The molecular formula is C24H18ClN3O4.